The van der Waals surface area contributed by atoms with Crippen molar-refractivity contribution < 1.29 is 0 Å². The Morgan fingerprint density at radius 2 is 0.833 bits per heavy atom. The van der Waals surface area contributed by atoms with Crippen LogP contribution in [0.15, 0.2) is 0 Å². The summed E-state index contributed by atoms with van der Waals surface area (Å²) < 4.78 is 0. The molecule has 1 nitrogen and oxygen atoms in total. The number of rotatable bonds is 15. The summed E-state index contributed by atoms with van der Waals surface area (Å²) in [6.07, 6.45) is 20.1. The van der Waals surface area contributed by atoms with Crippen molar-refractivity contribution in [2.75, 3.05) is 13.6 Å². The molecule has 0 aliphatic heterocycles. The molecule has 0 aromatic heterocycles. The first-order chi connectivity index (χ1) is 8.91. The van der Waals surface area contributed by atoms with Crippen LogP contribution in [0.25, 0.3) is 0 Å². The smallest absolute Gasteiger partial charge is 0.0130 e. The Bertz CT molecular complexity index is 118. The van der Waals surface area contributed by atoms with Crippen molar-refractivity contribution in [1.82, 2.24) is 5.32 Å². The Kier molecular flexibility index (Phi) is 16.9. The fourth-order valence-corrected chi connectivity index (χ4v) is 2.46. The molecular weight excluding hydrogens is 218 g/mol. The lowest BCUT2D eigenvalue weighted by Crippen LogP contribution is -1.98. The van der Waals surface area contributed by atoms with Gasteiger partial charge in [0.05, 0.1) is 0 Å². The van der Waals surface area contributed by atoms with Crippen LogP contribution in [0.2, 0.25) is 0 Å². The molecule has 0 aliphatic carbocycles. The predicted molar refractivity (Wildman–Crippen MR) is 83.2 cm³/mol. The molecule has 0 spiro atoms. The SMILES string of the molecule is CCCCCCCCCCCCCCCC[N]C. The maximum Gasteiger partial charge on any atom is 0.0130 e. The molecule has 1 heteroatoms. The minimum Gasteiger partial charge on any atom is -0.245 e. The lowest BCUT2D eigenvalue weighted by atomic mass is 10.0. The highest BCUT2D eigenvalue weighted by Gasteiger charge is 1.93. The molecule has 0 bridgehead atoms. The molecule has 0 atom stereocenters. The molecule has 1 radical (unpaired) electrons. The minimum atomic E-state index is 1.07. The molecule has 0 fully saturated rings. The zero-order chi connectivity index (χ0) is 13.3. The van der Waals surface area contributed by atoms with Gasteiger partial charge >= 0.3 is 0 Å². The number of hydrogen-bond acceptors (Lipinski definition) is 0. The minimum absolute atomic E-state index is 1.07. The van der Waals surface area contributed by atoms with Crippen LogP contribution in [0.3, 0.4) is 0 Å². The highest BCUT2D eigenvalue weighted by atomic mass is 14.8. The molecule has 0 unspecified atom stereocenters. The van der Waals surface area contributed by atoms with Crippen LogP contribution in [0.5, 0.6) is 0 Å². The Labute approximate surface area is 116 Å². The zero-order valence-electron chi connectivity index (χ0n) is 13.1. The molecule has 0 saturated heterocycles. The van der Waals surface area contributed by atoms with Gasteiger partial charge in [-0.15, -0.1) is 0 Å². The van der Waals surface area contributed by atoms with Crippen molar-refractivity contribution in [3.63, 3.8) is 0 Å². The van der Waals surface area contributed by atoms with Gasteiger partial charge in [-0.1, -0.05) is 90.4 Å². The van der Waals surface area contributed by atoms with Crippen LogP contribution in [0.1, 0.15) is 96.8 Å². The van der Waals surface area contributed by atoms with Gasteiger partial charge in [-0.2, -0.15) is 0 Å². The van der Waals surface area contributed by atoms with Crippen LogP contribution in [-0.2, 0) is 0 Å². The topological polar surface area (TPSA) is 14.1 Å². The third kappa shape index (κ3) is 16.0. The first-order valence-electron chi connectivity index (χ1n) is 8.47. The molecule has 18 heavy (non-hydrogen) atoms. The highest BCUT2D eigenvalue weighted by Crippen LogP contribution is 2.12. The average molecular weight is 254 g/mol. The summed E-state index contributed by atoms with van der Waals surface area (Å²) in [6, 6.07) is 0. The van der Waals surface area contributed by atoms with Crippen molar-refractivity contribution in [3.8, 4) is 0 Å². The average Bonchev–Trinajstić information content (AvgIpc) is 2.39. The first-order valence-corrected chi connectivity index (χ1v) is 8.47. The number of hydrogen-bond donors (Lipinski definition) is 0. The van der Waals surface area contributed by atoms with Crippen LogP contribution in [0, 0.1) is 0 Å². The summed E-state index contributed by atoms with van der Waals surface area (Å²) in [4.78, 5) is 0. The number of unbranched alkanes of at least 4 members (excludes halogenated alkanes) is 13. The van der Waals surface area contributed by atoms with E-state index in [4.69, 9.17) is 0 Å². The first kappa shape index (κ1) is 18.0. The molecule has 0 aromatic rings. The molecule has 0 amide bonds. The van der Waals surface area contributed by atoms with Gasteiger partial charge in [0, 0.05) is 13.6 Å². The van der Waals surface area contributed by atoms with E-state index in [9.17, 15) is 0 Å². The van der Waals surface area contributed by atoms with Crippen LogP contribution in [0.4, 0.5) is 0 Å². The Hall–Kier alpha value is -0.0400. The summed E-state index contributed by atoms with van der Waals surface area (Å²) in [6.45, 7) is 3.36. The third-order valence-electron chi connectivity index (χ3n) is 3.74. The largest absolute Gasteiger partial charge is 0.245 e. The highest BCUT2D eigenvalue weighted by molar-refractivity contribution is 4.49. The van der Waals surface area contributed by atoms with E-state index in [0.717, 1.165) is 6.54 Å². The maximum absolute atomic E-state index is 4.13. The van der Waals surface area contributed by atoms with Gasteiger partial charge in [-0.25, -0.2) is 5.32 Å². The second-order valence-electron chi connectivity index (χ2n) is 5.64. The molecule has 0 aromatic carbocycles. The van der Waals surface area contributed by atoms with E-state index >= 15 is 0 Å². The lowest BCUT2D eigenvalue weighted by molar-refractivity contribution is 0.533. The molecule has 0 heterocycles. The molecule has 0 aliphatic rings. The molecular formula is C17H36N. The van der Waals surface area contributed by atoms with E-state index in [2.05, 4.69) is 12.2 Å². The van der Waals surface area contributed by atoms with E-state index in [0.29, 0.717) is 0 Å². The normalized spacial score (nSPS) is 11.0. The Balaban J connectivity index is 2.86. The van der Waals surface area contributed by atoms with Gasteiger partial charge < -0.3 is 0 Å². The van der Waals surface area contributed by atoms with Crippen LogP contribution < -0.4 is 5.32 Å². The van der Waals surface area contributed by atoms with E-state index in [-0.39, 0.29) is 0 Å². The van der Waals surface area contributed by atoms with Crippen molar-refractivity contribution in [2.24, 2.45) is 0 Å². The van der Waals surface area contributed by atoms with E-state index in [1.807, 2.05) is 7.05 Å². The quantitative estimate of drug-likeness (QED) is 0.333. The van der Waals surface area contributed by atoms with Gasteiger partial charge in [0.25, 0.3) is 0 Å². The third-order valence-corrected chi connectivity index (χ3v) is 3.74. The Morgan fingerprint density at radius 3 is 1.17 bits per heavy atom. The molecule has 109 valence electrons. The predicted octanol–water partition coefficient (Wildman–Crippen LogP) is 5.70. The summed E-state index contributed by atoms with van der Waals surface area (Å²) in [5.74, 6) is 0. The summed E-state index contributed by atoms with van der Waals surface area (Å²) >= 11 is 0. The van der Waals surface area contributed by atoms with E-state index in [1.165, 1.54) is 89.9 Å². The maximum atomic E-state index is 4.13. The van der Waals surface area contributed by atoms with Crippen molar-refractivity contribution in [1.29, 1.82) is 0 Å². The van der Waals surface area contributed by atoms with E-state index < -0.39 is 0 Å². The second kappa shape index (κ2) is 17.0. The fourth-order valence-electron chi connectivity index (χ4n) is 2.46. The van der Waals surface area contributed by atoms with Crippen molar-refractivity contribution in [3.05, 3.63) is 0 Å². The number of nitrogens with zero attached hydrogens (tertiary/aromatic N) is 1. The molecule has 0 N–H and O–H groups in total. The van der Waals surface area contributed by atoms with Crippen LogP contribution in [-0.4, -0.2) is 13.6 Å². The van der Waals surface area contributed by atoms with Crippen molar-refractivity contribution in [2.45, 2.75) is 96.8 Å². The van der Waals surface area contributed by atoms with Crippen molar-refractivity contribution >= 4 is 0 Å². The van der Waals surface area contributed by atoms with Crippen LogP contribution >= 0.6 is 0 Å². The Morgan fingerprint density at radius 1 is 0.500 bits per heavy atom. The fraction of sp³-hybridized carbons (Fsp3) is 1.00. The van der Waals surface area contributed by atoms with Gasteiger partial charge in [-0.3, -0.25) is 0 Å². The second-order valence-corrected chi connectivity index (χ2v) is 5.64. The van der Waals surface area contributed by atoms with E-state index in [1.54, 1.807) is 0 Å². The summed E-state index contributed by atoms with van der Waals surface area (Å²) in [5, 5.41) is 4.13. The van der Waals surface area contributed by atoms with Gasteiger partial charge in [0.15, 0.2) is 0 Å². The van der Waals surface area contributed by atoms with Gasteiger partial charge in [-0.05, 0) is 6.42 Å². The summed E-state index contributed by atoms with van der Waals surface area (Å²) in [7, 11) is 1.92. The standard InChI is InChI=1S/C17H36N/c1-3-4-5-6-7-8-9-10-11-12-13-14-15-16-17-18-2/h3-17H2,1-2H3. The molecule has 0 saturated carbocycles. The van der Waals surface area contributed by atoms with Gasteiger partial charge in [0.1, 0.15) is 0 Å². The monoisotopic (exact) mass is 254 g/mol. The zero-order valence-corrected chi connectivity index (χ0v) is 13.1. The lowest BCUT2D eigenvalue weighted by Gasteiger charge is -2.03. The molecule has 0 rings (SSSR count). The summed E-state index contributed by atoms with van der Waals surface area (Å²) in [5.41, 5.74) is 0. The van der Waals surface area contributed by atoms with Gasteiger partial charge in [0.2, 0.25) is 0 Å².